The third kappa shape index (κ3) is 6.84. The van der Waals surface area contributed by atoms with Crippen LogP contribution >= 0.6 is 0 Å². The number of hydrogen-bond donors (Lipinski definition) is 2. The van der Waals surface area contributed by atoms with Crippen molar-refractivity contribution < 1.29 is 4.79 Å². The number of rotatable bonds is 8. The summed E-state index contributed by atoms with van der Waals surface area (Å²) in [5.74, 6) is 0.663. The third-order valence-electron chi connectivity index (χ3n) is 7.83. The highest BCUT2D eigenvalue weighted by Crippen LogP contribution is 2.25. The van der Waals surface area contributed by atoms with Gasteiger partial charge < -0.3 is 15.1 Å². The van der Waals surface area contributed by atoms with E-state index in [2.05, 4.69) is 73.0 Å². The van der Waals surface area contributed by atoms with Crippen LogP contribution in [0.3, 0.4) is 0 Å². The van der Waals surface area contributed by atoms with Crippen molar-refractivity contribution in [2.75, 3.05) is 63.1 Å². The van der Waals surface area contributed by atoms with E-state index in [4.69, 9.17) is 0 Å². The van der Waals surface area contributed by atoms with E-state index in [1.165, 1.54) is 25.7 Å². The van der Waals surface area contributed by atoms with Gasteiger partial charge in [-0.05, 0) is 87.6 Å². The minimum absolute atomic E-state index is 0.267. The summed E-state index contributed by atoms with van der Waals surface area (Å²) in [5.41, 5.74) is 5.09. The molecular weight excluding hydrogens is 500 g/mol. The first-order valence-electron chi connectivity index (χ1n) is 14.2. The number of likely N-dealkylation sites (N-methyl/N-ethyl adjacent to an activating group) is 1. The predicted octanol–water partition coefficient (Wildman–Crippen LogP) is 4.83. The zero-order chi connectivity index (χ0) is 27.9. The lowest BCUT2D eigenvalue weighted by Gasteiger charge is -2.33. The minimum Gasteiger partial charge on any atom is -0.354 e. The molecule has 2 aliphatic rings. The van der Waals surface area contributed by atoms with Gasteiger partial charge in [0.25, 0.3) is 5.91 Å². The number of anilines is 2. The van der Waals surface area contributed by atoms with Crippen molar-refractivity contribution in [3.05, 3.63) is 65.6 Å². The van der Waals surface area contributed by atoms with Gasteiger partial charge in [0.1, 0.15) is 5.82 Å². The lowest BCUT2D eigenvalue weighted by atomic mass is 10.0. The summed E-state index contributed by atoms with van der Waals surface area (Å²) in [6, 6.07) is 9.92. The van der Waals surface area contributed by atoms with Crippen molar-refractivity contribution in [3.63, 3.8) is 0 Å². The number of nitrogens with one attached hydrogen (secondary N) is 2. The van der Waals surface area contributed by atoms with Crippen LogP contribution in [-0.2, 0) is 0 Å². The lowest BCUT2D eigenvalue weighted by molar-refractivity contribution is 0.102. The van der Waals surface area contributed by atoms with Gasteiger partial charge in [0, 0.05) is 44.3 Å². The second-order valence-electron chi connectivity index (χ2n) is 10.9. The topological polar surface area (TPSA) is 92.7 Å². The van der Waals surface area contributed by atoms with Crippen molar-refractivity contribution in [1.29, 1.82) is 0 Å². The molecule has 1 amide bonds. The van der Waals surface area contributed by atoms with Gasteiger partial charge in [0.15, 0.2) is 5.69 Å². The smallest absolute Gasteiger partial charge is 0.276 e. The zero-order valence-electron chi connectivity index (χ0n) is 23.7. The van der Waals surface area contributed by atoms with Crippen LogP contribution in [0.1, 0.15) is 48.7 Å². The average molecular weight is 541 g/mol. The number of amides is 1. The molecule has 3 aromatic rings. The molecule has 0 spiro atoms. The predicted molar refractivity (Wildman–Crippen MR) is 164 cm³/mol. The summed E-state index contributed by atoms with van der Waals surface area (Å²) in [5, 5.41) is 11.1. The molecule has 0 saturated carbocycles. The number of allylic oxidation sites excluding steroid dienone is 1. The van der Waals surface area contributed by atoms with E-state index in [0.717, 1.165) is 79.2 Å². The molecule has 2 aromatic heterocycles. The van der Waals surface area contributed by atoms with Gasteiger partial charge in [-0.15, -0.1) is 0 Å². The molecule has 9 heteroatoms. The fourth-order valence-corrected chi connectivity index (χ4v) is 5.46. The number of piperazine rings is 1. The quantitative estimate of drug-likeness (QED) is 0.314. The summed E-state index contributed by atoms with van der Waals surface area (Å²) in [6.45, 7) is 12.8. The number of carbonyl (C=O) groups excluding carboxylic acids is 1. The standard InChI is InChI=1S/C31H40N8O/c1-23(18-24(20-32-2)22-38-12-6-4-5-7-13-38)25-8-10-28-27(19-25)30(36-35-28)31(40)34-26-9-11-29(33-21-26)39-16-14-37(3)15-17-39/h8-11,18-21H,2,4-7,12-17,22H2,1,3H3,(H,34,40)(H,35,36)/b23-18+,24-20+. The Kier molecular flexibility index (Phi) is 9.03. The number of benzene rings is 1. The zero-order valence-corrected chi connectivity index (χ0v) is 23.7. The molecule has 0 bridgehead atoms. The first-order valence-corrected chi connectivity index (χ1v) is 14.2. The molecule has 0 aliphatic carbocycles. The number of nitrogens with zero attached hydrogens (tertiary/aromatic N) is 6. The summed E-state index contributed by atoms with van der Waals surface area (Å²) < 4.78 is 0. The number of carbonyl (C=O) groups is 1. The normalized spacial score (nSPS) is 18.1. The number of likely N-dealkylation sites (tertiary alicyclic amines) is 1. The molecule has 0 atom stereocenters. The summed E-state index contributed by atoms with van der Waals surface area (Å²) in [4.78, 5) is 29.0. The number of aromatic amines is 1. The highest BCUT2D eigenvalue weighted by Gasteiger charge is 2.18. The van der Waals surface area contributed by atoms with Crippen molar-refractivity contribution >= 4 is 40.6 Å². The Morgan fingerprint density at radius 3 is 2.55 bits per heavy atom. The Morgan fingerprint density at radius 2 is 1.85 bits per heavy atom. The van der Waals surface area contributed by atoms with Crippen LogP contribution in [0.2, 0.25) is 0 Å². The monoisotopic (exact) mass is 540 g/mol. The molecule has 2 fully saturated rings. The Balaban J connectivity index is 1.30. The van der Waals surface area contributed by atoms with E-state index < -0.39 is 0 Å². The summed E-state index contributed by atoms with van der Waals surface area (Å²) >= 11 is 0. The molecule has 1 aromatic carbocycles. The molecule has 4 heterocycles. The first kappa shape index (κ1) is 27.7. The van der Waals surface area contributed by atoms with Gasteiger partial charge in [0.2, 0.25) is 0 Å². The van der Waals surface area contributed by atoms with E-state index in [0.29, 0.717) is 11.4 Å². The van der Waals surface area contributed by atoms with Crippen LogP contribution in [0.5, 0.6) is 0 Å². The molecule has 0 unspecified atom stereocenters. The van der Waals surface area contributed by atoms with Gasteiger partial charge in [-0.25, -0.2) is 4.98 Å². The summed E-state index contributed by atoms with van der Waals surface area (Å²) in [7, 11) is 2.13. The average Bonchev–Trinajstić information content (AvgIpc) is 3.22. The SMILES string of the molecule is C=N/C=C(\C=C(/C)c1ccc2[nH]nc(C(=O)Nc3ccc(N4CCN(C)CC4)nc3)c2c1)CN1CCCCCC1. The number of aromatic nitrogens is 3. The van der Waals surface area contributed by atoms with E-state index >= 15 is 0 Å². The maximum Gasteiger partial charge on any atom is 0.276 e. The van der Waals surface area contributed by atoms with Crippen molar-refractivity contribution in [1.82, 2.24) is 25.0 Å². The number of aliphatic imine (C=N–C) groups is 1. The second-order valence-corrected chi connectivity index (χ2v) is 10.9. The van der Waals surface area contributed by atoms with Crippen molar-refractivity contribution in [3.8, 4) is 0 Å². The highest BCUT2D eigenvalue weighted by atomic mass is 16.1. The van der Waals surface area contributed by atoms with Crippen LogP contribution in [-0.4, -0.2) is 90.5 Å². The summed E-state index contributed by atoms with van der Waals surface area (Å²) in [6.07, 6.45) is 10.9. The molecular formula is C31H40N8O. The van der Waals surface area contributed by atoms with Gasteiger partial charge in [-0.1, -0.05) is 25.0 Å². The largest absolute Gasteiger partial charge is 0.354 e. The van der Waals surface area contributed by atoms with E-state index in [1.807, 2.05) is 30.5 Å². The van der Waals surface area contributed by atoms with Crippen LogP contribution in [0.25, 0.3) is 16.5 Å². The molecule has 40 heavy (non-hydrogen) atoms. The molecule has 9 nitrogen and oxygen atoms in total. The van der Waals surface area contributed by atoms with Crippen molar-refractivity contribution in [2.45, 2.75) is 32.6 Å². The van der Waals surface area contributed by atoms with Crippen LogP contribution < -0.4 is 10.2 Å². The second kappa shape index (κ2) is 13.0. The Bertz CT molecular complexity index is 1370. The van der Waals surface area contributed by atoms with E-state index in [1.54, 1.807) is 6.20 Å². The van der Waals surface area contributed by atoms with Gasteiger partial charge in [-0.2, -0.15) is 5.10 Å². The van der Waals surface area contributed by atoms with Crippen LogP contribution in [0.15, 0.2) is 59.4 Å². The van der Waals surface area contributed by atoms with Gasteiger partial charge >= 0.3 is 0 Å². The Labute approximate surface area is 236 Å². The van der Waals surface area contributed by atoms with Crippen LogP contribution in [0.4, 0.5) is 11.5 Å². The van der Waals surface area contributed by atoms with Crippen molar-refractivity contribution in [2.24, 2.45) is 4.99 Å². The Hall–Kier alpha value is -3.82. The fourth-order valence-electron chi connectivity index (χ4n) is 5.46. The number of fused-ring (bicyclic) bond motifs is 1. The lowest BCUT2D eigenvalue weighted by Crippen LogP contribution is -2.44. The molecule has 2 aliphatic heterocycles. The number of pyridine rings is 1. The molecule has 2 saturated heterocycles. The third-order valence-corrected chi connectivity index (χ3v) is 7.83. The minimum atomic E-state index is -0.267. The van der Waals surface area contributed by atoms with Gasteiger partial charge in [0.05, 0.1) is 17.4 Å². The molecule has 210 valence electrons. The molecule has 5 rings (SSSR count). The highest BCUT2D eigenvalue weighted by molar-refractivity contribution is 6.11. The number of H-pyrrole nitrogens is 1. The fraction of sp³-hybridized carbons (Fsp3) is 0.419. The van der Waals surface area contributed by atoms with E-state index in [-0.39, 0.29) is 5.91 Å². The van der Waals surface area contributed by atoms with Gasteiger partial charge in [-0.3, -0.25) is 19.8 Å². The van der Waals surface area contributed by atoms with E-state index in [9.17, 15) is 4.79 Å². The maximum atomic E-state index is 13.2. The molecule has 0 radical (unpaired) electrons. The number of hydrogen-bond acceptors (Lipinski definition) is 7. The maximum absolute atomic E-state index is 13.2. The van der Waals surface area contributed by atoms with Crippen LogP contribution in [0, 0.1) is 0 Å². The first-order chi connectivity index (χ1) is 19.5. The Morgan fingerprint density at radius 1 is 1.07 bits per heavy atom. The molecule has 2 N–H and O–H groups in total.